The van der Waals surface area contributed by atoms with Crippen molar-refractivity contribution in [2.75, 3.05) is 13.2 Å². The van der Waals surface area contributed by atoms with Crippen molar-refractivity contribution in [2.45, 2.75) is 6.04 Å². The number of aliphatic hydroxyl groups excluding tert-OH is 1. The minimum absolute atomic E-state index is 0.364. The van der Waals surface area contributed by atoms with E-state index in [0.717, 1.165) is 0 Å². The number of benzene rings is 1. The molecule has 19 heavy (non-hydrogen) atoms. The Bertz CT molecular complexity index is 460. The third-order valence-electron chi connectivity index (χ3n) is 2.26. The molecule has 0 aromatic heterocycles. The predicted octanol–water partition coefficient (Wildman–Crippen LogP) is -1.02. The summed E-state index contributed by atoms with van der Waals surface area (Å²) >= 11 is 0. The molecular formula is C12H14N2O5. The third-order valence-corrected chi connectivity index (χ3v) is 2.26. The first-order valence-corrected chi connectivity index (χ1v) is 5.51. The van der Waals surface area contributed by atoms with Gasteiger partial charge in [-0.25, -0.2) is 4.79 Å². The standard InChI is InChI=1S/C12H14N2O5/c15-7-9(12(18)19)14-10(16)6-13-11(17)8-4-2-1-3-5-8/h1-5,9,15H,6-7H2,(H,13,17)(H,14,16)(H,18,19)/t9-/m0/s1. The molecule has 0 unspecified atom stereocenters. The molecule has 4 N–H and O–H groups in total. The Morgan fingerprint density at radius 2 is 1.79 bits per heavy atom. The van der Waals surface area contributed by atoms with E-state index in [1.807, 2.05) is 0 Å². The second-order valence-electron chi connectivity index (χ2n) is 3.69. The fraction of sp³-hybridized carbons (Fsp3) is 0.250. The Morgan fingerprint density at radius 1 is 1.16 bits per heavy atom. The number of carboxylic acids is 1. The Morgan fingerprint density at radius 3 is 2.32 bits per heavy atom. The van der Waals surface area contributed by atoms with Crippen molar-refractivity contribution in [1.82, 2.24) is 10.6 Å². The molecule has 0 fully saturated rings. The van der Waals surface area contributed by atoms with E-state index in [0.29, 0.717) is 5.56 Å². The number of hydrogen-bond donors (Lipinski definition) is 4. The average Bonchev–Trinajstić information content (AvgIpc) is 2.42. The zero-order valence-electron chi connectivity index (χ0n) is 10.00. The van der Waals surface area contributed by atoms with E-state index in [1.54, 1.807) is 30.3 Å². The maximum atomic E-state index is 11.6. The molecule has 0 spiro atoms. The minimum Gasteiger partial charge on any atom is -0.480 e. The third kappa shape index (κ3) is 4.76. The molecule has 0 aliphatic carbocycles. The molecule has 1 aromatic rings. The Balaban J connectivity index is 2.42. The van der Waals surface area contributed by atoms with Crippen molar-refractivity contribution in [2.24, 2.45) is 0 Å². The topological polar surface area (TPSA) is 116 Å². The van der Waals surface area contributed by atoms with Crippen molar-refractivity contribution >= 4 is 17.8 Å². The molecule has 2 amide bonds. The van der Waals surface area contributed by atoms with Gasteiger partial charge in [0.25, 0.3) is 5.91 Å². The lowest BCUT2D eigenvalue weighted by molar-refractivity contribution is -0.142. The number of rotatable bonds is 6. The summed E-state index contributed by atoms with van der Waals surface area (Å²) in [6.45, 7) is -1.08. The molecule has 7 nitrogen and oxygen atoms in total. The maximum absolute atomic E-state index is 11.6. The lowest BCUT2D eigenvalue weighted by atomic mass is 10.2. The van der Waals surface area contributed by atoms with Gasteiger partial charge in [-0.3, -0.25) is 9.59 Å². The van der Waals surface area contributed by atoms with E-state index in [9.17, 15) is 14.4 Å². The van der Waals surface area contributed by atoms with Crippen molar-refractivity contribution in [3.63, 3.8) is 0 Å². The van der Waals surface area contributed by atoms with Gasteiger partial charge in [0.15, 0.2) is 0 Å². The van der Waals surface area contributed by atoms with Crippen LogP contribution in [0.15, 0.2) is 30.3 Å². The predicted molar refractivity (Wildman–Crippen MR) is 65.4 cm³/mol. The fourth-order valence-electron chi connectivity index (χ4n) is 1.28. The summed E-state index contributed by atoms with van der Waals surface area (Å²) in [6, 6.07) is 6.91. The zero-order valence-corrected chi connectivity index (χ0v) is 10.00. The summed E-state index contributed by atoms with van der Waals surface area (Å²) < 4.78 is 0. The molecule has 102 valence electrons. The van der Waals surface area contributed by atoms with E-state index >= 15 is 0 Å². The number of carboxylic acid groups (broad SMARTS) is 1. The number of aliphatic carboxylic acids is 1. The Labute approximate surface area is 109 Å². The van der Waals surface area contributed by atoms with Gasteiger partial charge in [0, 0.05) is 5.56 Å². The first-order chi connectivity index (χ1) is 9.04. The number of carbonyl (C=O) groups is 3. The van der Waals surface area contributed by atoms with Gasteiger partial charge in [-0.05, 0) is 12.1 Å². The summed E-state index contributed by atoms with van der Waals surface area (Å²) in [7, 11) is 0. The van der Waals surface area contributed by atoms with E-state index in [-0.39, 0.29) is 6.54 Å². The summed E-state index contributed by atoms with van der Waals surface area (Å²) in [5.41, 5.74) is 0.396. The van der Waals surface area contributed by atoms with E-state index in [2.05, 4.69) is 10.6 Å². The molecule has 0 heterocycles. The van der Waals surface area contributed by atoms with Crippen LogP contribution in [0.4, 0.5) is 0 Å². The SMILES string of the molecule is O=C(CNC(=O)c1ccccc1)N[C@@H](CO)C(=O)O. The van der Waals surface area contributed by atoms with Crippen LogP contribution in [0.3, 0.4) is 0 Å². The molecule has 7 heteroatoms. The molecule has 0 aliphatic rings. The van der Waals surface area contributed by atoms with Gasteiger partial charge in [-0.2, -0.15) is 0 Å². The first-order valence-electron chi connectivity index (χ1n) is 5.51. The monoisotopic (exact) mass is 266 g/mol. The second-order valence-corrected chi connectivity index (χ2v) is 3.69. The lowest BCUT2D eigenvalue weighted by Crippen LogP contribution is -2.47. The number of hydrogen-bond acceptors (Lipinski definition) is 4. The highest BCUT2D eigenvalue weighted by molar-refractivity contribution is 5.96. The number of nitrogens with one attached hydrogen (secondary N) is 2. The first kappa shape index (κ1) is 14.7. The number of carbonyl (C=O) groups excluding carboxylic acids is 2. The van der Waals surface area contributed by atoms with Crippen LogP contribution in [-0.4, -0.2) is 47.2 Å². The van der Waals surface area contributed by atoms with Crippen molar-refractivity contribution < 1.29 is 24.6 Å². The van der Waals surface area contributed by atoms with Gasteiger partial charge < -0.3 is 20.8 Å². The van der Waals surface area contributed by atoms with Crippen molar-refractivity contribution in [1.29, 1.82) is 0 Å². The minimum atomic E-state index is -1.37. The van der Waals surface area contributed by atoms with Gasteiger partial charge in [0.2, 0.25) is 5.91 Å². The van der Waals surface area contributed by atoms with Crippen molar-refractivity contribution in [3.8, 4) is 0 Å². The van der Waals surface area contributed by atoms with Gasteiger partial charge in [-0.15, -0.1) is 0 Å². The molecule has 0 aliphatic heterocycles. The quantitative estimate of drug-likeness (QED) is 0.526. The molecule has 0 radical (unpaired) electrons. The van der Waals surface area contributed by atoms with Crippen LogP contribution in [-0.2, 0) is 9.59 Å². The van der Waals surface area contributed by atoms with Gasteiger partial charge in [-0.1, -0.05) is 18.2 Å². The van der Waals surface area contributed by atoms with Gasteiger partial charge >= 0.3 is 5.97 Å². The molecule has 1 aromatic carbocycles. The van der Waals surface area contributed by atoms with Crippen molar-refractivity contribution in [3.05, 3.63) is 35.9 Å². The fourth-order valence-corrected chi connectivity index (χ4v) is 1.28. The highest BCUT2D eigenvalue weighted by Gasteiger charge is 2.18. The van der Waals surface area contributed by atoms with Gasteiger partial charge in [0.05, 0.1) is 13.2 Å². The molecule has 1 rings (SSSR count). The van der Waals surface area contributed by atoms with E-state index < -0.39 is 30.4 Å². The highest BCUT2D eigenvalue weighted by Crippen LogP contribution is 1.97. The Kier molecular flexibility index (Phi) is 5.49. The normalized spacial score (nSPS) is 11.4. The summed E-state index contributed by atoms with van der Waals surface area (Å²) in [5, 5.41) is 21.7. The number of amides is 2. The molecular weight excluding hydrogens is 252 g/mol. The van der Waals surface area contributed by atoms with Crippen LogP contribution in [0.5, 0.6) is 0 Å². The summed E-state index contributed by atoms with van der Waals surface area (Å²) in [4.78, 5) is 33.5. The second kappa shape index (κ2) is 7.12. The van der Waals surface area contributed by atoms with Gasteiger partial charge in [0.1, 0.15) is 6.04 Å². The molecule has 0 saturated heterocycles. The molecule has 1 atom stereocenters. The molecule has 0 saturated carbocycles. The number of aliphatic hydroxyl groups is 1. The summed E-state index contributed by atoms with van der Waals surface area (Å²) in [6.07, 6.45) is 0. The zero-order chi connectivity index (χ0) is 14.3. The van der Waals surface area contributed by atoms with Crippen LogP contribution in [0.2, 0.25) is 0 Å². The highest BCUT2D eigenvalue weighted by atomic mass is 16.4. The Hall–Kier alpha value is -2.41. The van der Waals surface area contributed by atoms with Crippen LogP contribution in [0.1, 0.15) is 10.4 Å². The average molecular weight is 266 g/mol. The maximum Gasteiger partial charge on any atom is 0.328 e. The van der Waals surface area contributed by atoms with Crippen LogP contribution in [0.25, 0.3) is 0 Å². The lowest BCUT2D eigenvalue weighted by Gasteiger charge is -2.12. The summed E-state index contributed by atoms with van der Waals surface area (Å²) in [5.74, 6) is -2.47. The van der Waals surface area contributed by atoms with Crippen LogP contribution in [0, 0.1) is 0 Å². The van der Waals surface area contributed by atoms with Crippen LogP contribution < -0.4 is 10.6 Å². The largest absolute Gasteiger partial charge is 0.480 e. The smallest absolute Gasteiger partial charge is 0.328 e. The van der Waals surface area contributed by atoms with E-state index in [4.69, 9.17) is 10.2 Å². The molecule has 0 bridgehead atoms. The van der Waals surface area contributed by atoms with Crippen LogP contribution >= 0.6 is 0 Å². The van der Waals surface area contributed by atoms with E-state index in [1.165, 1.54) is 0 Å².